The summed E-state index contributed by atoms with van der Waals surface area (Å²) in [5, 5.41) is 2.81. The fourth-order valence-electron chi connectivity index (χ4n) is 2.54. The third-order valence-electron chi connectivity index (χ3n) is 4.01. The van der Waals surface area contributed by atoms with E-state index < -0.39 is 12.0 Å². The number of rotatable bonds is 7. The van der Waals surface area contributed by atoms with Gasteiger partial charge in [0, 0.05) is 0 Å². The molecule has 0 radical (unpaired) electrons. The molecule has 0 fully saturated rings. The number of amides is 1. The zero-order valence-electron chi connectivity index (χ0n) is 14.9. The molecule has 0 aliphatic heterocycles. The normalized spacial score (nSPS) is 13.1. The predicted octanol–water partition coefficient (Wildman–Crippen LogP) is 3.67. The lowest BCUT2D eigenvalue weighted by Crippen LogP contribution is -2.46. The summed E-state index contributed by atoms with van der Waals surface area (Å²) < 4.78 is 5.56. The molecule has 2 aromatic rings. The van der Waals surface area contributed by atoms with Crippen molar-refractivity contribution in [2.75, 3.05) is 0 Å². The Bertz CT molecular complexity index is 683. The standard InChI is InChI=1S/C21H25NO3/c1-15(2)20(22-19(23)14-17-10-6-4-7-11-17)21(24)25-16(3)18-12-8-5-9-13-18/h4-13,15-16,20H,14H2,1-3H3,(H,22,23)/t16-,20-/m0/s1. The summed E-state index contributed by atoms with van der Waals surface area (Å²) in [6.07, 6.45) is -0.119. The second kappa shape index (κ2) is 9.02. The minimum Gasteiger partial charge on any atom is -0.456 e. The molecule has 4 nitrogen and oxygen atoms in total. The highest BCUT2D eigenvalue weighted by atomic mass is 16.5. The fourth-order valence-corrected chi connectivity index (χ4v) is 2.54. The van der Waals surface area contributed by atoms with Crippen LogP contribution in [0.2, 0.25) is 0 Å². The van der Waals surface area contributed by atoms with E-state index in [1.54, 1.807) is 0 Å². The Morgan fingerprint density at radius 1 is 0.920 bits per heavy atom. The second-order valence-corrected chi connectivity index (χ2v) is 6.44. The Morgan fingerprint density at radius 3 is 2.04 bits per heavy atom. The third kappa shape index (κ3) is 5.75. The van der Waals surface area contributed by atoms with Gasteiger partial charge in [-0.2, -0.15) is 0 Å². The van der Waals surface area contributed by atoms with Crippen LogP contribution >= 0.6 is 0 Å². The van der Waals surface area contributed by atoms with Gasteiger partial charge in [-0.15, -0.1) is 0 Å². The van der Waals surface area contributed by atoms with Gasteiger partial charge in [0.15, 0.2) is 0 Å². The first-order chi connectivity index (χ1) is 12.0. The molecule has 0 heterocycles. The molecule has 1 N–H and O–H groups in total. The van der Waals surface area contributed by atoms with E-state index in [9.17, 15) is 9.59 Å². The maximum absolute atomic E-state index is 12.5. The van der Waals surface area contributed by atoms with Crippen LogP contribution in [0.3, 0.4) is 0 Å². The van der Waals surface area contributed by atoms with Crippen molar-refractivity contribution in [2.45, 2.75) is 39.3 Å². The average Bonchev–Trinajstić information content (AvgIpc) is 2.61. The Morgan fingerprint density at radius 2 is 1.48 bits per heavy atom. The van der Waals surface area contributed by atoms with Crippen LogP contribution in [0.5, 0.6) is 0 Å². The smallest absolute Gasteiger partial charge is 0.329 e. The summed E-state index contributed by atoms with van der Waals surface area (Å²) in [5.74, 6) is -0.655. The number of carbonyl (C=O) groups excluding carboxylic acids is 2. The molecular weight excluding hydrogens is 314 g/mol. The van der Waals surface area contributed by atoms with Gasteiger partial charge in [0.05, 0.1) is 6.42 Å². The van der Waals surface area contributed by atoms with Crippen molar-refractivity contribution in [2.24, 2.45) is 5.92 Å². The van der Waals surface area contributed by atoms with Crippen molar-refractivity contribution < 1.29 is 14.3 Å². The van der Waals surface area contributed by atoms with Crippen molar-refractivity contribution in [1.29, 1.82) is 0 Å². The van der Waals surface area contributed by atoms with Gasteiger partial charge in [-0.05, 0) is 24.0 Å². The number of ether oxygens (including phenoxy) is 1. The number of benzene rings is 2. The summed E-state index contributed by atoms with van der Waals surface area (Å²) in [7, 11) is 0. The van der Waals surface area contributed by atoms with Crippen LogP contribution in [-0.4, -0.2) is 17.9 Å². The quantitative estimate of drug-likeness (QED) is 0.783. The fraction of sp³-hybridized carbons (Fsp3) is 0.333. The van der Waals surface area contributed by atoms with E-state index in [1.807, 2.05) is 81.4 Å². The van der Waals surface area contributed by atoms with E-state index in [0.717, 1.165) is 11.1 Å². The second-order valence-electron chi connectivity index (χ2n) is 6.44. The molecule has 0 spiro atoms. The van der Waals surface area contributed by atoms with Gasteiger partial charge in [0.1, 0.15) is 12.1 Å². The van der Waals surface area contributed by atoms with E-state index in [4.69, 9.17) is 4.74 Å². The maximum atomic E-state index is 12.5. The summed E-state index contributed by atoms with van der Waals surface area (Å²) in [6, 6.07) is 18.3. The average molecular weight is 339 g/mol. The highest BCUT2D eigenvalue weighted by Gasteiger charge is 2.27. The minimum atomic E-state index is -0.664. The van der Waals surface area contributed by atoms with Crippen LogP contribution in [0.4, 0.5) is 0 Å². The monoisotopic (exact) mass is 339 g/mol. The molecule has 132 valence electrons. The first-order valence-electron chi connectivity index (χ1n) is 8.56. The zero-order chi connectivity index (χ0) is 18.2. The molecule has 0 bridgehead atoms. The van der Waals surface area contributed by atoms with Crippen molar-refractivity contribution in [1.82, 2.24) is 5.32 Å². The van der Waals surface area contributed by atoms with E-state index >= 15 is 0 Å². The van der Waals surface area contributed by atoms with E-state index in [-0.39, 0.29) is 24.3 Å². The first kappa shape index (κ1) is 18.7. The van der Waals surface area contributed by atoms with Gasteiger partial charge < -0.3 is 10.1 Å². The summed E-state index contributed by atoms with van der Waals surface area (Å²) in [4.78, 5) is 24.8. The van der Waals surface area contributed by atoms with Crippen molar-refractivity contribution in [3.05, 3.63) is 71.8 Å². The largest absolute Gasteiger partial charge is 0.456 e. The highest BCUT2D eigenvalue weighted by molar-refractivity contribution is 5.85. The maximum Gasteiger partial charge on any atom is 0.329 e. The number of carbonyl (C=O) groups is 2. The Balaban J connectivity index is 1.97. The highest BCUT2D eigenvalue weighted by Crippen LogP contribution is 2.18. The molecule has 2 atom stereocenters. The van der Waals surface area contributed by atoms with Crippen LogP contribution in [0, 0.1) is 5.92 Å². The molecule has 0 unspecified atom stereocenters. The van der Waals surface area contributed by atoms with Crippen LogP contribution in [-0.2, 0) is 20.7 Å². The Hall–Kier alpha value is -2.62. The van der Waals surface area contributed by atoms with Gasteiger partial charge in [0.2, 0.25) is 5.91 Å². The molecule has 25 heavy (non-hydrogen) atoms. The Labute approximate surface area is 149 Å². The molecular formula is C21H25NO3. The number of esters is 1. The van der Waals surface area contributed by atoms with Crippen molar-refractivity contribution in [3.63, 3.8) is 0 Å². The van der Waals surface area contributed by atoms with Crippen LogP contribution in [0.1, 0.15) is 38.0 Å². The van der Waals surface area contributed by atoms with Gasteiger partial charge in [-0.3, -0.25) is 4.79 Å². The van der Waals surface area contributed by atoms with Crippen LogP contribution in [0.25, 0.3) is 0 Å². The minimum absolute atomic E-state index is 0.0600. The summed E-state index contributed by atoms with van der Waals surface area (Å²) in [6.45, 7) is 5.61. The van der Waals surface area contributed by atoms with Gasteiger partial charge in [0.25, 0.3) is 0 Å². The molecule has 0 aliphatic carbocycles. The molecule has 4 heteroatoms. The van der Waals surface area contributed by atoms with Crippen LogP contribution in [0.15, 0.2) is 60.7 Å². The van der Waals surface area contributed by atoms with Crippen molar-refractivity contribution >= 4 is 11.9 Å². The lowest BCUT2D eigenvalue weighted by molar-refractivity contribution is -0.154. The first-order valence-corrected chi connectivity index (χ1v) is 8.56. The molecule has 2 rings (SSSR count). The summed E-state index contributed by atoms with van der Waals surface area (Å²) >= 11 is 0. The zero-order valence-corrected chi connectivity index (χ0v) is 14.9. The molecule has 0 saturated carbocycles. The number of hydrogen-bond acceptors (Lipinski definition) is 3. The SMILES string of the molecule is CC(C)[C@H](NC(=O)Cc1ccccc1)C(=O)O[C@@H](C)c1ccccc1. The van der Waals surface area contributed by atoms with Crippen molar-refractivity contribution in [3.8, 4) is 0 Å². The lowest BCUT2D eigenvalue weighted by atomic mass is 10.0. The molecule has 1 amide bonds. The predicted molar refractivity (Wildman–Crippen MR) is 97.9 cm³/mol. The van der Waals surface area contributed by atoms with E-state index in [2.05, 4.69) is 5.32 Å². The topological polar surface area (TPSA) is 55.4 Å². The lowest BCUT2D eigenvalue weighted by Gasteiger charge is -2.23. The molecule has 0 aromatic heterocycles. The third-order valence-corrected chi connectivity index (χ3v) is 4.01. The number of nitrogens with one attached hydrogen (secondary N) is 1. The van der Waals surface area contributed by atoms with Gasteiger partial charge >= 0.3 is 5.97 Å². The summed E-state index contributed by atoms with van der Waals surface area (Å²) in [5.41, 5.74) is 1.84. The molecule has 0 aliphatic rings. The van der Waals surface area contributed by atoms with Gasteiger partial charge in [-0.1, -0.05) is 74.5 Å². The Kier molecular flexibility index (Phi) is 6.75. The molecule has 0 saturated heterocycles. The number of hydrogen-bond donors (Lipinski definition) is 1. The molecule has 2 aromatic carbocycles. The van der Waals surface area contributed by atoms with E-state index in [0.29, 0.717) is 0 Å². The van der Waals surface area contributed by atoms with E-state index in [1.165, 1.54) is 0 Å². The van der Waals surface area contributed by atoms with Gasteiger partial charge in [-0.25, -0.2) is 4.79 Å². The van der Waals surface area contributed by atoms with Crippen LogP contribution < -0.4 is 5.32 Å².